The molecule has 0 bridgehead atoms. The number of rotatable bonds is 4. The molecule has 0 aliphatic carbocycles. The summed E-state index contributed by atoms with van der Waals surface area (Å²) < 4.78 is 1.85. The van der Waals surface area contributed by atoms with Crippen molar-refractivity contribution in [2.45, 2.75) is 26.3 Å². The number of hydrogen-bond donors (Lipinski definition) is 1. The summed E-state index contributed by atoms with van der Waals surface area (Å²) in [6.07, 6.45) is 4.26. The van der Waals surface area contributed by atoms with Crippen LogP contribution in [0.5, 0.6) is 0 Å². The predicted octanol–water partition coefficient (Wildman–Crippen LogP) is 2.55. The van der Waals surface area contributed by atoms with Crippen LogP contribution >= 0.6 is 0 Å². The van der Waals surface area contributed by atoms with Crippen LogP contribution in [0.1, 0.15) is 30.9 Å². The smallest absolute Gasteiger partial charge is 0.0991 e. The van der Waals surface area contributed by atoms with E-state index in [1.807, 2.05) is 36.0 Å². The zero-order chi connectivity index (χ0) is 17.2. The fourth-order valence-electron chi connectivity index (χ4n) is 3.53. The Bertz CT molecular complexity index is 744. The summed E-state index contributed by atoms with van der Waals surface area (Å²) >= 11 is 0. The third-order valence-corrected chi connectivity index (χ3v) is 4.83. The number of nitrogens with zero attached hydrogens (tertiary/aromatic N) is 4. The Balaban J connectivity index is 1.82. The van der Waals surface area contributed by atoms with E-state index in [2.05, 4.69) is 29.2 Å². The molecule has 0 radical (unpaired) electrons. The van der Waals surface area contributed by atoms with Gasteiger partial charge in [0.05, 0.1) is 17.3 Å². The van der Waals surface area contributed by atoms with Gasteiger partial charge in [0.1, 0.15) is 0 Å². The largest absolute Gasteiger partial charge is 0.396 e. The topological polar surface area (TPSA) is 65.1 Å². The molecule has 2 aromatic rings. The van der Waals surface area contributed by atoms with Crippen molar-refractivity contribution in [2.24, 2.45) is 12.5 Å². The van der Waals surface area contributed by atoms with E-state index in [-0.39, 0.29) is 12.0 Å². The molecule has 0 saturated carbocycles. The first-order chi connectivity index (χ1) is 11.5. The van der Waals surface area contributed by atoms with Crippen molar-refractivity contribution in [1.29, 1.82) is 5.26 Å². The molecule has 1 atom stereocenters. The van der Waals surface area contributed by atoms with Gasteiger partial charge in [-0.15, -0.1) is 0 Å². The Morgan fingerprint density at radius 1 is 1.33 bits per heavy atom. The minimum Gasteiger partial charge on any atom is -0.396 e. The third kappa shape index (κ3) is 3.50. The lowest BCUT2D eigenvalue weighted by Crippen LogP contribution is -2.43. The first-order valence-electron chi connectivity index (χ1n) is 8.39. The number of aliphatic hydroxyl groups is 1. The van der Waals surface area contributed by atoms with Gasteiger partial charge in [-0.3, -0.25) is 9.58 Å². The van der Waals surface area contributed by atoms with Gasteiger partial charge in [0, 0.05) is 49.5 Å². The van der Waals surface area contributed by atoms with Gasteiger partial charge in [0.25, 0.3) is 0 Å². The first-order valence-corrected chi connectivity index (χ1v) is 8.39. The van der Waals surface area contributed by atoms with Crippen molar-refractivity contribution in [2.75, 3.05) is 19.7 Å². The van der Waals surface area contributed by atoms with Gasteiger partial charge in [-0.25, -0.2) is 0 Å². The number of benzene rings is 1. The average Bonchev–Trinajstić information content (AvgIpc) is 2.95. The van der Waals surface area contributed by atoms with Crippen LogP contribution < -0.4 is 0 Å². The van der Waals surface area contributed by atoms with Crippen LogP contribution in [0.4, 0.5) is 0 Å². The van der Waals surface area contributed by atoms with Crippen molar-refractivity contribution < 1.29 is 5.11 Å². The Labute approximate surface area is 143 Å². The highest BCUT2D eigenvalue weighted by atomic mass is 16.3. The highest BCUT2D eigenvalue weighted by Gasteiger charge is 2.30. The lowest BCUT2D eigenvalue weighted by molar-refractivity contribution is 0.0430. The van der Waals surface area contributed by atoms with Crippen LogP contribution in [-0.2, 0) is 13.6 Å². The molecule has 1 aliphatic rings. The molecule has 0 amide bonds. The van der Waals surface area contributed by atoms with Crippen molar-refractivity contribution >= 4 is 0 Å². The van der Waals surface area contributed by atoms with E-state index in [9.17, 15) is 5.11 Å². The van der Waals surface area contributed by atoms with E-state index in [0.29, 0.717) is 5.56 Å². The number of aliphatic hydroxyl groups excluding tert-OH is 1. The zero-order valence-electron chi connectivity index (χ0n) is 14.4. The molecule has 1 saturated heterocycles. The normalized spacial score (nSPS) is 21.6. The Kier molecular flexibility index (Phi) is 4.70. The molecule has 1 N–H and O–H groups in total. The van der Waals surface area contributed by atoms with E-state index in [1.54, 1.807) is 0 Å². The summed E-state index contributed by atoms with van der Waals surface area (Å²) in [6, 6.07) is 9.72. The molecule has 1 aliphatic heterocycles. The summed E-state index contributed by atoms with van der Waals surface area (Å²) in [5.41, 5.74) is 3.84. The molecule has 126 valence electrons. The van der Waals surface area contributed by atoms with Gasteiger partial charge in [-0.2, -0.15) is 10.4 Å². The van der Waals surface area contributed by atoms with Crippen LogP contribution in [0, 0.1) is 16.7 Å². The maximum Gasteiger partial charge on any atom is 0.0991 e. The van der Waals surface area contributed by atoms with E-state index >= 15 is 0 Å². The second-order valence-electron chi connectivity index (χ2n) is 7.15. The molecule has 5 nitrogen and oxygen atoms in total. The highest BCUT2D eigenvalue weighted by Crippen LogP contribution is 2.31. The molecule has 24 heavy (non-hydrogen) atoms. The quantitative estimate of drug-likeness (QED) is 0.939. The van der Waals surface area contributed by atoms with Crippen molar-refractivity contribution in [3.05, 3.63) is 41.6 Å². The summed E-state index contributed by atoms with van der Waals surface area (Å²) in [5, 5.41) is 23.2. The molecule has 0 spiro atoms. The number of aryl methyl sites for hydroxylation is 1. The second kappa shape index (κ2) is 6.76. The summed E-state index contributed by atoms with van der Waals surface area (Å²) in [7, 11) is 1.94. The molecule has 3 rings (SSSR count). The Morgan fingerprint density at radius 2 is 2.08 bits per heavy atom. The molecular formula is C19H24N4O. The maximum atomic E-state index is 9.65. The monoisotopic (exact) mass is 324 g/mol. The Morgan fingerprint density at radius 3 is 2.75 bits per heavy atom. The summed E-state index contributed by atoms with van der Waals surface area (Å²) in [4.78, 5) is 2.41. The zero-order valence-corrected chi connectivity index (χ0v) is 14.4. The number of nitriles is 1. The molecular weight excluding hydrogens is 300 g/mol. The summed E-state index contributed by atoms with van der Waals surface area (Å²) in [5.74, 6) is 0. The lowest BCUT2D eigenvalue weighted by Gasteiger charge is -2.39. The van der Waals surface area contributed by atoms with Crippen LogP contribution in [0.15, 0.2) is 30.5 Å². The van der Waals surface area contributed by atoms with E-state index in [1.165, 1.54) is 5.56 Å². The van der Waals surface area contributed by atoms with Gasteiger partial charge in [-0.1, -0.05) is 19.1 Å². The standard InChI is InChI=1S/C19H24N4O/c1-19(14-24)8-3-9-23(13-19)12-17-11-22(2)21-18(17)16-6-4-15(10-20)5-7-16/h4-7,11,24H,3,8-9,12-14H2,1-2H3. The molecule has 2 heterocycles. The number of aromatic nitrogens is 2. The van der Waals surface area contributed by atoms with Gasteiger partial charge in [0.2, 0.25) is 0 Å². The highest BCUT2D eigenvalue weighted by molar-refractivity contribution is 5.63. The van der Waals surface area contributed by atoms with Crippen molar-refractivity contribution in [3.63, 3.8) is 0 Å². The maximum absolute atomic E-state index is 9.65. The van der Waals surface area contributed by atoms with Crippen molar-refractivity contribution in [3.8, 4) is 17.3 Å². The fraction of sp³-hybridized carbons (Fsp3) is 0.474. The third-order valence-electron chi connectivity index (χ3n) is 4.83. The van der Waals surface area contributed by atoms with Crippen LogP contribution in [0.2, 0.25) is 0 Å². The lowest BCUT2D eigenvalue weighted by atomic mass is 9.82. The molecule has 1 unspecified atom stereocenters. The predicted molar refractivity (Wildman–Crippen MR) is 93.1 cm³/mol. The average molecular weight is 324 g/mol. The van der Waals surface area contributed by atoms with Crippen LogP contribution in [0.25, 0.3) is 11.3 Å². The number of hydrogen-bond acceptors (Lipinski definition) is 4. The van der Waals surface area contributed by atoms with E-state index < -0.39 is 0 Å². The first kappa shape index (κ1) is 16.7. The minimum absolute atomic E-state index is 0.00489. The minimum atomic E-state index is -0.00489. The van der Waals surface area contributed by atoms with E-state index in [0.717, 1.165) is 43.7 Å². The van der Waals surface area contributed by atoms with Gasteiger partial charge >= 0.3 is 0 Å². The molecule has 1 fully saturated rings. The molecule has 1 aromatic carbocycles. The van der Waals surface area contributed by atoms with Crippen molar-refractivity contribution in [1.82, 2.24) is 14.7 Å². The van der Waals surface area contributed by atoms with Gasteiger partial charge < -0.3 is 5.11 Å². The van der Waals surface area contributed by atoms with Crippen LogP contribution in [0.3, 0.4) is 0 Å². The molecule has 1 aromatic heterocycles. The SMILES string of the molecule is Cn1cc(CN2CCCC(C)(CO)C2)c(-c2ccc(C#N)cc2)n1. The van der Waals surface area contributed by atoms with Gasteiger partial charge in [-0.05, 0) is 31.5 Å². The Hall–Kier alpha value is -2.16. The fourth-order valence-corrected chi connectivity index (χ4v) is 3.53. The van der Waals surface area contributed by atoms with Gasteiger partial charge in [0.15, 0.2) is 0 Å². The second-order valence-corrected chi connectivity index (χ2v) is 7.15. The number of piperidine rings is 1. The van der Waals surface area contributed by atoms with E-state index in [4.69, 9.17) is 5.26 Å². The van der Waals surface area contributed by atoms with Crippen LogP contribution in [-0.4, -0.2) is 39.5 Å². The molecule has 5 heteroatoms. The number of likely N-dealkylation sites (tertiary alicyclic amines) is 1. The summed E-state index contributed by atoms with van der Waals surface area (Å²) in [6.45, 7) is 5.18.